The van der Waals surface area contributed by atoms with Gasteiger partial charge in [-0.3, -0.25) is 9.69 Å². The first-order valence-corrected chi connectivity index (χ1v) is 9.46. The molecular weight excluding hydrogens is 422 g/mol. The predicted molar refractivity (Wildman–Crippen MR) is 114 cm³/mol. The number of hydrogen-bond donors (Lipinski definition) is 0. The number of rotatable bonds is 3. The number of hydrogen-bond acceptors (Lipinski definition) is 4. The highest BCUT2D eigenvalue weighted by Crippen LogP contribution is 2.32. The van der Waals surface area contributed by atoms with Crippen LogP contribution in [-0.4, -0.2) is 34.9 Å². The molecule has 5 nitrogen and oxygen atoms in total. The molecule has 0 aromatic heterocycles. The maximum absolute atomic E-state index is 14.4. The number of benzene rings is 2. The second-order valence-corrected chi connectivity index (χ2v) is 7.36. The summed E-state index contributed by atoms with van der Waals surface area (Å²) in [5, 5.41) is 9.86. The molecular formula is C19H17Cl2FN4OS. The molecule has 2 aromatic rings. The van der Waals surface area contributed by atoms with Crippen molar-refractivity contribution in [1.82, 2.24) is 4.90 Å². The molecule has 0 saturated carbocycles. The van der Waals surface area contributed by atoms with Crippen molar-refractivity contribution in [2.24, 2.45) is 4.99 Å². The monoisotopic (exact) mass is 438 g/mol. The van der Waals surface area contributed by atoms with Gasteiger partial charge in [-0.1, -0.05) is 23.4 Å². The SMILES string of the molecule is CC(=O)N(c1ccc(Cl)cc1F)C1CSC(=Nc2ccc(C#N)cc2)N1C.Cl. The first-order valence-electron chi connectivity index (χ1n) is 8.10. The van der Waals surface area contributed by atoms with Gasteiger partial charge in [0.05, 0.1) is 23.0 Å². The van der Waals surface area contributed by atoms with E-state index in [1.165, 1.54) is 35.7 Å². The molecule has 0 bridgehead atoms. The minimum absolute atomic E-state index is 0. The van der Waals surface area contributed by atoms with Crippen molar-refractivity contribution >= 4 is 58.2 Å². The lowest BCUT2D eigenvalue weighted by atomic mass is 10.2. The van der Waals surface area contributed by atoms with Crippen molar-refractivity contribution in [3.8, 4) is 6.07 Å². The molecule has 28 heavy (non-hydrogen) atoms. The van der Waals surface area contributed by atoms with Gasteiger partial charge in [0, 0.05) is 24.7 Å². The molecule has 1 saturated heterocycles. The van der Waals surface area contributed by atoms with Gasteiger partial charge in [-0.15, -0.1) is 12.4 Å². The van der Waals surface area contributed by atoms with Crippen molar-refractivity contribution < 1.29 is 9.18 Å². The van der Waals surface area contributed by atoms with E-state index in [-0.39, 0.29) is 35.2 Å². The van der Waals surface area contributed by atoms with E-state index < -0.39 is 5.82 Å². The van der Waals surface area contributed by atoms with Gasteiger partial charge in [-0.2, -0.15) is 5.26 Å². The largest absolute Gasteiger partial charge is 0.333 e. The van der Waals surface area contributed by atoms with Gasteiger partial charge in [0.25, 0.3) is 0 Å². The number of halogens is 3. The van der Waals surface area contributed by atoms with Crippen LogP contribution in [0.15, 0.2) is 47.5 Å². The Kier molecular flexibility index (Phi) is 7.30. The summed E-state index contributed by atoms with van der Waals surface area (Å²) in [6, 6.07) is 13.2. The van der Waals surface area contributed by atoms with Crippen molar-refractivity contribution in [3.05, 3.63) is 58.9 Å². The molecule has 0 spiro atoms. The second kappa shape index (κ2) is 9.28. The number of amidine groups is 1. The first-order chi connectivity index (χ1) is 12.9. The standard InChI is InChI=1S/C19H16ClFN4OS.ClH/c1-12(26)25(17-8-5-14(20)9-16(17)21)18-11-27-19(24(18)2)23-15-6-3-13(10-22)4-7-15;/h3-9,18H,11H2,1-2H3;1H. The Hall–Kier alpha value is -2.27. The summed E-state index contributed by atoms with van der Waals surface area (Å²) in [5.41, 5.74) is 1.45. The average molecular weight is 439 g/mol. The van der Waals surface area contributed by atoms with E-state index in [9.17, 15) is 9.18 Å². The highest BCUT2D eigenvalue weighted by Gasteiger charge is 2.35. The lowest BCUT2D eigenvalue weighted by Gasteiger charge is -2.33. The summed E-state index contributed by atoms with van der Waals surface area (Å²) in [6.45, 7) is 1.41. The number of aliphatic imine (C=N–C) groups is 1. The van der Waals surface area contributed by atoms with Crippen LogP contribution in [0.2, 0.25) is 5.02 Å². The molecule has 1 unspecified atom stereocenters. The van der Waals surface area contributed by atoms with Crippen LogP contribution in [0, 0.1) is 17.1 Å². The third kappa shape index (κ3) is 4.58. The minimum atomic E-state index is -0.548. The van der Waals surface area contributed by atoms with E-state index in [0.717, 1.165) is 0 Å². The maximum atomic E-state index is 14.4. The number of carbonyl (C=O) groups is 1. The highest BCUT2D eigenvalue weighted by atomic mass is 35.5. The molecule has 1 aliphatic rings. The summed E-state index contributed by atoms with van der Waals surface area (Å²) < 4.78 is 14.4. The van der Waals surface area contributed by atoms with E-state index in [1.807, 2.05) is 11.9 Å². The summed E-state index contributed by atoms with van der Waals surface area (Å²) in [4.78, 5) is 20.1. The van der Waals surface area contributed by atoms with Crippen LogP contribution in [-0.2, 0) is 4.79 Å². The van der Waals surface area contributed by atoms with Gasteiger partial charge in [-0.25, -0.2) is 9.38 Å². The third-order valence-corrected chi connectivity index (χ3v) is 5.48. The second-order valence-electron chi connectivity index (χ2n) is 5.94. The lowest BCUT2D eigenvalue weighted by molar-refractivity contribution is -0.117. The van der Waals surface area contributed by atoms with E-state index >= 15 is 0 Å². The molecule has 0 radical (unpaired) electrons. The van der Waals surface area contributed by atoms with E-state index in [4.69, 9.17) is 16.9 Å². The topological polar surface area (TPSA) is 59.7 Å². The molecule has 1 fully saturated rings. The van der Waals surface area contributed by atoms with Crippen molar-refractivity contribution in [2.75, 3.05) is 17.7 Å². The van der Waals surface area contributed by atoms with Crippen molar-refractivity contribution in [1.29, 1.82) is 5.26 Å². The molecule has 2 aromatic carbocycles. The average Bonchev–Trinajstić information content (AvgIpc) is 2.98. The third-order valence-electron chi connectivity index (χ3n) is 4.14. The van der Waals surface area contributed by atoms with Crippen LogP contribution in [0.1, 0.15) is 12.5 Å². The van der Waals surface area contributed by atoms with Crippen molar-refractivity contribution in [3.63, 3.8) is 0 Å². The quantitative estimate of drug-likeness (QED) is 0.688. The Morgan fingerprint density at radius 2 is 2.04 bits per heavy atom. The summed E-state index contributed by atoms with van der Waals surface area (Å²) in [6.07, 6.45) is -0.375. The Morgan fingerprint density at radius 1 is 1.36 bits per heavy atom. The summed E-state index contributed by atoms with van der Waals surface area (Å²) in [5.74, 6) is -0.269. The zero-order valence-electron chi connectivity index (χ0n) is 15.1. The van der Waals surface area contributed by atoms with Gasteiger partial charge < -0.3 is 4.90 Å². The summed E-state index contributed by atoms with van der Waals surface area (Å²) in [7, 11) is 1.82. The van der Waals surface area contributed by atoms with Crippen LogP contribution in [0.4, 0.5) is 15.8 Å². The Labute approximate surface area is 178 Å². The zero-order valence-corrected chi connectivity index (χ0v) is 17.5. The maximum Gasteiger partial charge on any atom is 0.225 e. The molecule has 1 atom stereocenters. The zero-order chi connectivity index (χ0) is 19.6. The predicted octanol–water partition coefficient (Wildman–Crippen LogP) is 4.82. The molecule has 1 aliphatic heterocycles. The fraction of sp³-hybridized carbons (Fsp3) is 0.211. The number of amides is 1. The number of nitriles is 1. The molecule has 146 valence electrons. The first kappa shape index (κ1) is 22.0. The van der Waals surface area contributed by atoms with Crippen LogP contribution >= 0.6 is 35.8 Å². The molecule has 3 rings (SSSR count). The number of carbonyl (C=O) groups excluding carboxylic acids is 1. The van der Waals surface area contributed by atoms with Gasteiger partial charge in [-0.05, 0) is 42.5 Å². The van der Waals surface area contributed by atoms with Crippen LogP contribution in [0.25, 0.3) is 0 Å². The van der Waals surface area contributed by atoms with E-state index in [1.54, 1.807) is 30.3 Å². The molecule has 9 heteroatoms. The number of anilines is 1. The Balaban J connectivity index is 0.00000280. The summed E-state index contributed by atoms with van der Waals surface area (Å²) >= 11 is 7.31. The van der Waals surface area contributed by atoms with Crippen LogP contribution < -0.4 is 4.90 Å². The Morgan fingerprint density at radius 3 is 2.61 bits per heavy atom. The van der Waals surface area contributed by atoms with Gasteiger partial charge in [0.15, 0.2) is 5.17 Å². The molecule has 1 heterocycles. The van der Waals surface area contributed by atoms with Crippen molar-refractivity contribution in [2.45, 2.75) is 13.1 Å². The number of thioether (sulfide) groups is 1. The highest BCUT2D eigenvalue weighted by molar-refractivity contribution is 8.14. The lowest BCUT2D eigenvalue weighted by Crippen LogP contribution is -2.48. The molecule has 0 aliphatic carbocycles. The number of nitrogens with zero attached hydrogens (tertiary/aromatic N) is 4. The van der Waals surface area contributed by atoms with E-state index in [0.29, 0.717) is 22.2 Å². The minimum Gasteiger partial charge on any atom is -0.333 e. The van der Waals surface area contributed by atoms with Gasteiger partial charge >= 0.3 is 0 Å². The van der Waals surface area contributed by atoms with Crippen LogP contribution in [0.5, 0.6) is 0 Å². The van der Waals surface area contributed by atoms with E-state index in [2.05, 4.69) is 11.1 Å². The molecule has 0 N–H and O–H groups in total. The smallest absolute Gasteiger partial charge is 0.225 e. The van der Waals surface area contributed by atoms with Crippen LogP contribution in [0.3, 0.4) is 0 Å². The fourth-order valence-electron chi connectivity index (χ4n) is 2.79. The van der Waals surface area contributed by atoms with Gasteiger partial charge in [0.1, 0.15) is 12.0 Å². The normalized spacial score (nSPS) is 17.2. The Bertz CT molecular complexity index is 946. The van der Waals surface area contributed by atoms with Gasteiger partial charge in [0.2, 0.25) is 5.91 Å². The fourth-order valence-corrected chi connectivity index (χ4v) is 4.11. The molecule has 1 amide bonds.